The minimum absolute atomic E-state index is 0.254. The van der Waals surface area contributed by atoms with Crippen LogP contribution in [0.1, 0.15) is 32.6 Å². The van der Waals surface area contributed by atoms with Crippen LogP contribution in [0.15, 0.2) is 0 Å². The standard InChI is InChI=1S/C8H16N2O/c1-2-3-5-8(11)10-7-4-6-9-10/h9H,2-7H2,1H3. The fraction of sp³-hybridized carbons (Fsp3) is 0.875. The topological polar surface area (TPSA) is 32.3 Å². The first kappa shape index (κ1) is 8.53. The molecule has 64 valence electrons. The Hall–Kier alpha value is -0.570. The predicted octanol–water partition coefficient (Wildman–Crippen LogP) is 0.913. The third-order valence-electron chi connectivity index (χ3n) is 1.91. The maximum atomic E-state index is 11.3. The van der Waals surface area contributed by atoms with Crippen molar-refractivity contribution in [1.82, 2.24) is 10.4 Å². The summed E-state index contributed by atoms with van der Waals surface area (Å²) in [6.45, 7) is 3.95. The maximum absolute atomic E-state index is 11.3. The van der Waals surface area contributed by atoms with E-state index in [-0.39, 0.29) is 5.91 Å². The van der Waals surface area contributed by atoms with Gasteiger partial charge in [-0.2, -0.15) is 0 Å². The number of amides is 1. The number of carbonyl (C=O) groups excluding carboxylic acids is 1. The van der Waals surface area contributed by atoms with Gasteiger partial charge < -0.3 is 0 Å². The van der Waals surface area contributed by atoms with Gasteiger partial charge in [0, 0.05) is 19.5 Å². The lowest BCUT2D eigenvalue weighted by atomic mass is 10.2. The minimum Gasteiger partial charge on any atom is -0.278 e. The molecule has 0 saturated carbocycles. The van der Waals surface area contributed by atoms with Crippen LogP contribution in [0.4, 0.5) is 0 Å². The van der Waals surface area contributed by atoms with Gasteiger partial charge in [0.1, 0.15) is 0 Å². The molecule has 1 saturated heterocycles. The molecule has 0 unspecified atom stereocenters. The van der Waals surface area contributed by atoms with Crippen molar-refractivity contribution in [3.8, 4) is 0 Å². The van der Waals surface area contributed by atoms with Crippen LogP contribution in [-0.2, 0) is 4.79 Å². The highest BCUT2D eigenvalue weighted by Gasteiger charge is 2.15. The van der Waals surface area contributed by atoms with Gasteiger partial charge in [0.15, 0.2) is 0 Å². The lowest BCUT2D eigenvalue weighted by Gasteiger charge is -2.14. The maximum Gasteiger partial charge on any atom is 0.236 e. The first-order chi connectivity index (χ1) is 5.34. The lowest BCUT2D eigenvalue weighted by Crippen LogP contribution is -2.36. The van der Waals surface area contributed by atoms with E-state index in [1.807, 2.05) is 0 Å². The molecule has 0 aromatic carbocycles. The van der Waals surface area contributed by atoms with Crippen molar-refractivity contribution in [3.05, 3.63) is 0 Å². The Kier molecular flexibility index (Phi) is 3.36. The summed E-state index contributed by atoms with van der Waals surface area (Å²) in [7, 11) is 0. The van der Waals surface area contributed by atoms with Crippen LogP contribution in [-0.4, -0.2) is 24.0 Å². The average molecular weight is 156 g/mol. The van der Waals surface area contributed by atoms with Crippen LogP contribution in [0.25, 0.3) is 0 Å². The van der Waals surface area contributed by atoms with E-state index in [0.29, 0.717) is 6.42 Å². The molecule has 1 amide bonds. The zero-order valence-electron chi connectivity index (χ0n) is 7.10. The third kappa shape index (κ3) is 2.50. The smallest absolute Gasteiger partial charge is 0.236 e. The Morgan fingerprint density at radius 2 is 2.45 bits per heavy atom. The van der Waals surface area contributed by atoms with E-state index in [2.05, 4.69) is 12.3 Å². The van der Waals surface area contributed by atoms with Gasteiger partial charge in [-0.1, -0.05) is 13.3 Å². The fourth-order valence-corrected chi connectivity index (χ4v) is 1.21. The van der Waals surface area contributed by atoms with Gasteiger partial charge in [0.25, 0.3) is 0 Å². The number of hydrogen-bond donors (Lipinski definition) is 1. The van der Waals surface area contributed by atoms with E-state index in [9.17, 15) is 4.79 Å². The van der Waals surface area contributed by atoms with Crippen molar-refractivity contribution in [2.45, 2.75) is 32.6 Å². The Bertz CT molecular complexity index is 130. The molecule has 0 spiro atoms. The summed E-state index contributed by atoms with van der Waals surface area (Å²) < 4.78 is 0. The molecule has 0 bridgehead atoms. The van der Waals surface area contributed by atoms with E-state index in [1.54, 1.807) is 5.01 Å². The van der Waals surface area contributed by atoms with Gasteiger partial charge in [0.2, 0.25) is 5.91 Å². The van der Waals surface area contributed by atoms with Crippen molar-refractivity contribution in [1.29, 1.82) is 0 Å². The summed E-state index contributed by atoms with van der Waals surface area (Å²) in [6.07, 6.45) is 3.90. The summed E-state index contributed by atoms with van der Waals surface area (Å²) >= 11 is 0. The number of hydrazine groups is 1. The Morgan fingerprint density at radius 3 is 3.00 bits per heavy atom. The van der Waals surface area contributed by atoms with Gasteiger partial charge in [-0.15, -0.1) is 0 Å². The molecule has 0 aromatic heterocycles. The molecule has 0 aromatic rings. The van der Waals surface area contributed by atoms with Crippen LogP contribution in [0.5, 0.6) is 0 Å². The molecule has 3 heteroatoms. The van der Waals surface area contributed by atoms with Gasteiger partial charge in [0.05, 0.1) is 0 Å². The fourth-order valence-electron chi connectivity index (χ4n) is 1.21. The van der Waals surface area contributed by atoms with Crippen LogP contribution in [0.2, 0.25) is 0 Å². The van der Waals surface area contributed by atoms with E-state index in [4.69, 9.17) is 0 Å². The zero-order valence-corrected chi connectivity index (χ0v) is 7.10. The predicted molar refractivity (Wildman–Crippen MR) is 43.9 cm³/mol. The first-order valence-electron chi connectivity index (χ1n) is 4.38. The minimum atomic E-state index is 0.254. The second-order valence-electron chi connectivity index (χ2n) is 2.91. The Morgan fingerprint density at radius 1 is 1.64 bits per heavy atom. The van der Waals surface area contributed by atoms with Gasteiger partial charge >= 0.3 is 0 Å². The molecule has 3 nitrogen and oxygen atoms in total. The average Bonchev–Trinajstić information content (AvgIpc) is 2.52. The molecule has 1 rings (SSSR count). The monoisotopic (exact) mass is 156 g/mol. The largest absolute Gasteiger partial charge is 0.278 e. The Balaban J connectivity index is 2.17. The van der Waals surface area contributed by atoms with Crippen molar-refractivity contribution < 1.29 is 4.79 Å². The number of nitrogens with zero attached hydrogens (tertiary/aromatic N) is 1. The SMILES string of the molecule is CCCCC(=O)N1CCCN1. The van der Waals surface area contributed by atoms with Crippen molar-refractivity contribution >= 4 is 5.91 Å². The highest BCUT2D eigenvalue weighted by Crippen LogP contribution is 2.02. The molecule has 1 N–H and O–H groups in total. The quantitative estimate of drug-likeness (QED) is 0.658. The number of rotatable bonds is 3. The number of nitrogens with one attached hydrogen (secondary N) is 1. The normalized spacial score (nSPS) is 17.4. The molecule has 0 aliphatic carbocycles. The highest BCUT2D eigenvalue weighted by atomic mass is 16.2. The van der Waals surface area contributed by atoms with Crippen molar-refractivity contribution in [2.24, 2.45) is 0 Å². The van der Waals surface area contributed by atoms with Crippen molar-refractivity contribution in [2.75, 3.05) is 13.1 Å². The highest BCUT2D eigenvalue weighted by molar-refractivity contribution is 5.75. The zero-order chi connectivity index (χ0) is 8.10. The summed E-state index contributed by atoms with van der Waals surface area (Å²) in [4.78, 5) is 11.3. The summed E-state index contributed by atoms with van der Waals surface area (Å²) in [6, 6.07) is 0. The molecule has 1 aliphatic heterocycles. The molecular weight excluding hydrogens is 140 g/mol. The Labute approximate surface area is 67.7 Å². The number of carbonyl (C=O) groups is 1. The third-order valence-corrected chi connectivity index (χ3v) is 1.91. The van der Waals surface area contributed by atoms with Crippen molar-refractivity contribution in [3.63, 3.8) is 0 Å². The number of unbranched alkanes of at least 4 members (excludes halogenated alkanes) is 1. The summed E-state index contributed by atoms with van der Waals surface area (Å²) in [5, 5.41) is 1.75. The molecule has 0 radical (unpaired) electrons. The molecule has 1 aliphatic rings. The summed E-state index contributed by atoms with van der Waals surface area (Å²) in [5.41, 5.74) is 3.05. The van der Waals surface area contributed by atoms with E-state index < -0.39 is 0 Å². The van der Waals surface area contributed by atoms with E-state index in [0.717, 1.165) is 32.4 Å². The first-order valence-corrected chi connectivity index (χ1v) is 4.38. The van der Waals surface area contributed by atoms with Gasteiger partial charge in [-0.05, 0) is 12.8 Å². The van der Waals surface area contributed by atoms with Gasteiger partial charge in [-0.3, -0.25) is 9.80 Å². The molecule has 1 fully saturated rings. The van der Waals surface area contributed by atoms with E-state index >= 15 is 0 Å². The second-order valence-corrected chi connectivity index (χ2v) is 2.91. The van der Waals surface area contributed by atoms with E-state index in [1.165, 1.54) is 0 Å². The van der Waals surface area contributed by atoms with Crippen LogP contribution in [0, 0.1) is 0 Å². The van der Waals surface area contributed by atoms with Crippen LogP contribution >= 0.6 is 0 Å². The molecule has 0 atom stereocenters. The number of hydrogen-bond acceptors (Lipinski definition) is 2. The lowest BCUT2D eigenvalue weighted by molar-refractivity contribution is -0.132. The second kappa shape index (κ2) is 4.34. The molecule has 1 heterocycles. The van der Waals surface area contributed by atoms with Crippen LogP contribution in [0.3, 0.4) is 0 Å². The van der Waals surface area contributed by atoms with Gasteiger partial charge in [-0.25, -0.2) is 5.43 Å². The van der Waals surface area contributed by atoms with Crippen LogP contribution < -0.4 is 5.43 Å². The molecule has 11 heavy (non-hydrogen) atoms. The molecular formula is C8H16N2O. The summed E-state index contributed by atoms with van der Waals surface area (Å²) in [5.74, 6) is 0.254.